The molecule has 1 N–H and O–H groups in total. The minimum atomic E-state index is 0.0667. The predicted molar refractivity (Wildman–Crippen MR) is 80.2 cm³/mol. The van der Waals surface area contributed by atoms with Crippen molar-refractivity contribution in [2.75, 3.05) is 13.6 Å². The molecule has 20 heavy (non-hydrogen) atoms. The quantitative estimate of drug-likeness (QED) is 0.819. The number of carbonyl (C=O) groups excluding carboxylic acids is 1. The van der Waals surface area contributed by atoms with Crippen molar-refractivity contribution in [1.82, 2.24) is 5.32 Å². The lowest BCUT2D eigenvalue weighted by molar-refractivity contribution is 0.0993. The first-order valence-electron chi connectivity index (χ1n) is 6.66. The van der Waals surface area contributed by atoms with Gasteiger partial charge in [0, 0.05) is 5.56 Å². The molecule has 0 saturated heterocycles. The van der Waals surface area contributed by atoms with E-state index in [0.717, 1.165) is 16.9 Å². The van der Waals surface area contributed by atoms with Gasteiger partial charge >= 0.3 is 0 Å². The van der Waals surface area contributed by atoms with Crippen LogP contribution in [0.15, 0.2) is 48.5 Å². The van der Waals surface area contributed by atoms with Gasteiger partial charge in [0.15, 0.2) is 5.78 Å². The van der Waals surface area contributed by atoms with E-state index >= 15 is 0 Å². The van der Waals surface area contributed by atoms with Crippen molar-refractivity contribution < 1.29 is 9.53 Å². The molecule has 0 aliphatic carbocycles. The Morgan fingerprint density at radius 1 is 1.15 bits per heavy atom. The molecule has 0 fully saturated rings. The monoisotopic (exact) mass is 269 g/mol. The smallest absolute Gasteiger partial charge is 0.176 e. The third-order valence-corrected chi connectivity index (χ3v) is 3.08. The van der Waals surface area contributed by atoms with Crippen LogP contribution >= 0.6 is 0 Å². The van der Waals surface area contributed by atoms with E-state index in [1.165, 1.54) is 0 Å². The highest BCUT2D eigenvalue weighted by Gasteiger charge is 2.08. The number of ether oxygens (including phenoxy) is 1. The molecule has 2 rings (SSSR count). The molecule has 0 unspecified atom stereocenters. The molecular weight excluding hydrogens is 250 g/mol. The lowest BCUT2D eigenvalue weighted by atomic mass is 10.1. The minimum absolute atomic E-state index is 0.0667. The number of hydrogen-bond donors (Lipinski definition) is 1. The summed E-state index contributed by atoms with van der Waals surface area (Å²) in [6.45, 7) is 2.82. The molecule has 104 valence electrons. The van der Waals surface area contributed by atoms with Gasteiger partial charge in [-0.25, -0.2) is 0 Å². The second-order valence-electron chi connectivity index (χ2n) is 4.71. The number of carbonyl (C=O) groups is 1. The molecule has 0 spiro atoms. The molecule has 0 atom stereocenters. The Kier molecular flexibility index (Phi) is 4.91. The number of Topliss-reactive ketones (excluding diaryl/α,β-unsaturated/α-hetero) is 1. The van der Waals surface area contributed by atoms with Crippen LogP contribution in [0.25, 0.3) is 0 Å². The second-order valence-corrected chi connectivity index (χ2v) is 4.71. The topological polar surface area (TPSA) is 38.3 Å². The highest BCUT2D eigenvalue weighted by molar-refractivity contribution is 5.98. The summed E-state index contributed by atoms with van der Waals surface area (Å²) >= 11 is 0. The van der Waals surface area contributed by atoms with Crippen LogP contribution in [0.4, 0.5) is 0 Å². The molecule has 2 aromatic rings. The zero-order chi connectivity index (χ0) is 14.4. The second kappa shape index (κ2) is 6.87. The Bertz CT molecular complexity index is 579. The van der Waals surface area contributed by atoms with E-state index in [-0.39, 0.29) is 5.78 Å². The lowest BCUT2D eigenvalue weighted by Crippen LogP contribution is -2.18. The van der Waals surface area contributed by atoms with E-state index in [1.807, 2.05) is 55.5 Å². The molecule has 0 radical (unpaired) electrons. The Morgan fingerprint density at radius 3 is 2.60 bits per heavy atom. The van der Waals surface area contributed by atoms with Crippen molar-refractivity contribution in [3.8, 4) is 5.75 Å². The summed E-state index contributed by atoms with van der Waals surface area (Å²) in [7, 11) is 1.76. The molecule has 0 aromatic heterocycles. The summed E-state index contributed by atoms with van der Waals surface area (Å²) in [6, 6.07) is 15.6. The van der Waals surface area contributed by atoms with E-state index in [1.54, 1.807) is 7.05 Å². The standard InChI is InChI=1S/C17H19NO2/c1-13-8-9-15(16(19)11-18-2)10-17(13)20-12-14-6-4-3-5-7-14/h3-10,18H,11-12H2,1-2H3. The molecule has 0 aliphatic rings. The van der Waals surface area contributed by atoms with Gasteiger partial charge in [0.1, 0.15) is 12.4 Å². The highest BCUT2D eigenvalue weighted by atomic mass is 16.5. The summed E-state index contributed by atoms with van der Waals surface area (Å²) in [5.74, 6) is 0.827. The molecule has 0 heterocycles. The van der Waals surface area contributed by atoms with Crippen LogP contribution in [-0.4, -0.2) is 19.4 Å². The van der Waals surface area contributed by atoms with Gasteiger partial charge < -0.3 is 10.1 Å². The van der Waals surface area contributed by atoms with Crippen LogP contribution in [0.2, 0.25) is 0 Å². The van der Waals surface area contributed by atoms with Crippen LogP contribution in [0, 0.1) is 6.92 Å². The molecule has 3 heteroatoms. The number of ketones is 1. The summed E-state index contributed by atoms with van der Waals surface area (Å²) in [4.78, 5) is 11.9. The Labute approximate surface area is 119 Å². The van der Waals surface area contributed by atoms with Gasteiger partial charge in [0.05, 0.1) is 6.54 Å². The predicted octanol–water partition coefficient (Wildman–Crippen LogP) is 2.98. The first-order chi connectivity index (χ1) is 9.70. The maximum atomic E-state index is 11.9. The number of nitrogens with one attached hydrogen (secondary N) is 1. The molecule has 2 aromatic carbocycles. The van der Waals surface area contributed by atoms with Crippen molar-refractivity contribution in [3.05, 3.63) is 65.2 Å². The highest BCUT2D eigenvalue weighted by Crippen LogP contribution is 2.21. The first-order valence-corrected chi connectivity index (χ1v) is 6.66. The Morgan fingerprint density at radius 2 is 1.90 bits per heavy atom. The maximum Gasteiger partial charge on any atom is 0.176 e. The average Bonchev–Trinajstić information content (AvgIpc) is 2.47. The van der Waals surface area contributed by atoms with Crippen molar-refractivity contribution in [2.45, 2.75) is 13.5 Å². The Balaban J connectivity index is 2.10. The molecule has 0 saturated carbocycles. The maximum absolute atomic E-state index is 11.9. The van der Waals surface area contributed by atoms with Crippen LogP contribution in [0.5, 0.6) is 5.75 Å². The summed E-state index contributed by atoms with van der Waals surface area (Å²) in [5.41, 5.74) is 2.81. The fourth-order valence-electron chi connectivity index (χ4n) is 1.93. The van der Waals surface area contributed by atoms with Gasteiger partial charge in [-0.2, -0.15) is 0 Å². The zero-order valence-corrected chi connectivity index (χ0v) is 11.8. The number of rotatable bonds is 6. The van der Waals surface area contributed by atoms with Crippen molar-refractivity contribution >= 4 is 5.78 Å². The molecule has 0 bridgehead atoms. The third kappa shape index (κ3) is 3.68. The van der Waals surface area contributed by atoms with E-state index in [9.17, 15) is 4.79 Å². The van der Waals surface area contributed by atoms with Crippen LogP contribution in [-0.2, 0) is 6.61 Å². The van der Waals surface area contributed by atoms with Crippen LogP contribution in [0.3, 0.4) is 0 Å². The van der Waals surface area contributed by atoms with Crippen molar-refractivity contribution in [2.24, 2.45) is 0 Å². The summed E-state index contributed by atoms with van der Waals surface area (Å²) in [5, 5.41) is 2.87. The molecule has 3 nitrogen and oxygen atoms in total. The largest absolute Gasteiger partial charge is 0.489 e. The molecular formula is C17H19NO2. The fraction of sp³-hybridized carbons (Fsp3) is 0.235. The van der Waals surface area contributed by atoms with E-state index in [0.29, 0.717) is 18.7 Å². The van der Waals surface area contributed by atoms with Crippen LogP contribution in [0.1, 0.15) is 21.5 Å². The van der Waals surface area contributed by atoms with E-state index < -0.39 is 0 Å². The average molecular weight is 269 g/mol. The minimum Gasteiger partial charge on any atom is -0.489 e. The lowest BCUT2D eigenvalue weighted by Gasteiger charge is -2.11. The number of benzene rings is 2. The fourth-order valence-corrected chi connectivity index (χ4v) is 1.93. The normalized spacial score (nSPS) is 10.3. The molecule has 0 amide bonds. The number of hydrogen-bond acceptors (Lipinski definition) is 3. The van der Waals surface area contributed by atoms with Crippen LogP contribution < -0.4 is 10.1 Å². The SMILES string of the molecule is CNCC(=O)c1ccc(C)c(OCc2ccccc2)c1. The molecule has 0 aliphatic heterocycles. The van der Waals surface area contributed by atoms with Crippen molar-refractivity contribution in [1.29, 1.82) is 0 Å². The first kappa shape index (κ1) is 14.3. The van der Waals surface area contributed by atoms with Gasteiger partial charge in [0.2, 0.25) is 0 Å². The van der Waals surface area contributed by atoms with E-state index in [4.69, 9.17) is 4.74 Å². The van der Waals surface area contributed by atoms with Gasteiger partial charge in [-0.3, -0.25) is 4.79 Å². The summed E-state index contributed by atoms with van der Waals surface area (Å²) in [6.07, 6.45) is 0. The number of aryl methyl sites for hydroxylation is 1. The van der Waals surface area contributed by atoms with Gasteiger partial charge in [-0.1, -0.05) is 42.5 Å². The Hall–Kier alpha value is -2.13. The van der Waals surface area contributed by atoms with Gasteiger partial charge in [-0.15, -0.1) is 0 Å². The van der Waals surface area contributed by atoms with Gasteiger partial charge in [0.25, 0.3) is 0 Å². The number of likely N-dealkylation sites (N-methyl/N-ethyl adjacent to an activating group) is 1. The van der Waals surface area contributed by atoms with Crippen molar-refractivity contribution in [3.63, 3.8) is 0 Å². The van der Waals surface area contributed by atoms with E-state index in [2.05, 4.69) is 5.32 Å². The third-order valence-electron chi connectivity index (χ3n) is 3.08. The summed E-state index contributed by atoms with van der Waals surface area (Å²) < 4.78 is 5.82. The zero-order valence-electron chi connectivity index (χ0n) is 11.8. The van der Waals surface area contributed by atoms with Gasteiger partial charge in [-0.05, 0) is 31.2 Å².